The number of nitrogens with zero attached hydrogens (tertiary/aromatic N) is 3. The lowest BCUT2D eigenvalue weighted by atomic mass is 10.2. The molecule has 3 rings (SSSR count). The van der Waals surface area contributed by atoms with Gasteiger partial charge in [0.1, 0.15) is 11.5 Å². The monoisotopic (exact) mass is 385 g/mol. The number of rotatable bonds is 6. The maximum absolute atomic E-state index is 6.15. The van der Waals surface area contributed by atoms with Crippen molar-refractivity contribution in [3.63, 3.8) is 0 Å². The maximum atomic E-state index is 6.15. The Morgan fingerprint density at radius 2 is 1.67 bits per heavy atom. The first kappa shape index (κ1) is 18.7. The Bertz CT molecular complexity index is 965. The first-order chi connectivity index (χ1) is 13.0. The quantitative estimate of drug-likeness (QED) is 0.639. The zero-order chi connectivity index (χ0) is 19.4. The molecule has 7 nitrogen and oxygen atoms in total. The summed E-state index contributed by atoms with van der Waals surface area (Å²) < 4.78 is 10.7. The molecule has 0 unspecified atom stereocenters. The van der Waals surface area contributed by atoms with Crippen LogP contribution in [0.5, 0.6) is 11.5 Å². The molecule has 0 bridgehead atoms. The van der Waals surface area contributed by atoms with Crippen molar-refractivity contribution in [2.45, 2.75) is 13.8 Å². The molecule has 0 spiro atoms. The largest absolute Gasteiger partial charge is 0.495 e. The summed E-state index contributed by atoms with van der Waals surface area (Å²) in [4.78, 5) is 4.46. The molecule has 0 amide bonds. The van der Waals surface area contributed by atoms with E-state index in [0.29, 0.717) is 34.0 Å². The van der Waals surface area contributed by atoms with Crippen LogP contribution in [0.15, 0.2) is 36.5 Å². The van der Waals surface area contributed by atoms with Crippen LogP contribution in [0, 0.1) is 13.8 Å². The van der Waals surface area contributed by atoms with Gasteiger partial charge in [-0.2, -0.15) is 10.1 Å². The molecule has 0 aliphatic heterocycles. The van der Waals surface area contributed by atoms with Crippen LogP contribution in [-0.2, 0) is 0 Å². The number of hydrogen-bond acceptors (Lipinski definition) is 7. The number of methoxy groups -OCH3 is 2. The SMILES string of the molecule is COc1ccc(C)cc1Nc1cnnc(Nc2cc(C)c(Cl)cc2OC)n1. The van der Waals surface area contributed by atoms with Crippen LogP contribution < -0.4 is 20.1 Å². The van der Waals surface area contributed by atoms with Gasteiger partial charge in [0.25, 0.3) is 0 Å². The highest BCUT2D eigenvalue weighted by atomic mass is 35.5. The Morgan fingerprint density at radius 1 is 0.926 bits per heavy atom. The van der Waals surface area contributed by atoms with Crippen LogP contribution in [0.4, 0.5) is 23.1 Å². The molecule has 3 aromatic rings. The van der Waals surface area contributed by atoms with Gasteiger partial charge >= 0.3 is 0 Å². The summed E-state index contributed by atoms with van der Waals surface area (Å²) in [7, 11) is 3.20. The zero-order valence-electron chi connectivity index (χ0n) is 15.5. The van der Waals surface area contributed by atoms with Gasteiger partial charge in [-0.1, -0.05) is 17.7 Å². The molecule has 0 aliphatic rings. The highest BCUT2D eigenvalue weighted by Crippen LogP contribution is 2.33. The third kappa shape index (κ3) is 4.38. The second kappa shape index (κ2) is 8.09. The van der Waals surface area contributed by atoms with Gasteiger partial charge in [0.15, 0.2) is 5.82 Å². The smallest absolute Gasteiger partial charge is 0.249 e. The highest BCUT2D eigenvalue weighted by molar-refractivity contribution is 6.31. The average molecular weight is 386 g/mol. The number of aromatic nitrogens is 3. The first-order valence-corrected chi connectivity index (χ1v) is 8.60. The minimum atomic E-state index is 0.326. The number of hydrogen-bond donors (Lipinski definition) is 2. The van der Waals surface area contributed by atoms with E-state index in [0.717, 1.165) is 16.8 Å². The summed E-state index contributed by atoms with van der Waals surface area (Å²) in [5.41, 5.74) is 3.50. The highest BCUT2D eigenvalue weighted by Gasteiger charge is 2.10. The minimum Gasteiger partial charge on any atom is -0.495 e. The summed E-state index contributed by atoms with van der Waals surface area (Å²) in [6.07, 6.45) is 1.54. The number of benzene rings is 2. The van der Waals surface area contributed by atoms with Crippen molar-refractivity contribution < 1.29 is 9.47 Å². The molecule has 140 valence electrons. The number of nitrogens with one attached hydrogen (secondary N) is 2. The molecule has 27 heavy (non-hydrogen) atoms. The van der Waals surface area contributed by atoms with Crippen LogP contribution in [-0.4, -0.2) is 29.4 Å². The molecule has 1 aromatic heterocycles. The Hall–Kier alpha value is -3.06. The van der Waals surface area contributed by atoms with Crippen molar-refractivity contribution in [1.29, 1.82) is 0 Å². The lowest BCUT2D eigenvalue weighted by Gasteiger charge is -2.13. The normalized spacial score (nSPS) is 10.4. The fourth-order valence-corrected chi connectivity index (χ4v) is 2.68. The number of ether oxygens (including phenoxy) is 2. The second-order valence-corrected chi connectivity index (χ2v) is 6.33. The van der Waals surface area contributed by atoms with Crippen molar-refractivity contribution in [2.24, 2.45) is 0 Å². The van der Waals surface area contributed by atoms with Gasteiger partial charge < -0.3 is 20.1 Å². The van der Waals surface area contributed by atoms with Crippen molar-refractivity contribution in [1.82, 2.24) is 15.2 Å². The van der Waals surface area contributed by atoms with Gasteiger partial charge in [0.2, 0.25) is 5.95 Å². The zero-order valence-corrected chi connectivity index (χ0v) is 16.3. The summed E-state index contributed by atoms with van der Waals surface area (Å²) >= 11 is 6.15. The van der Waals surface area contributed by atoms with Gasteiger partial charge in [-0.05, 0) is 43.2 Å². The van der Waals surface area contributed by atoms with E-state index < -0.39 is 0 Å². The van der Waals surface area contributed by atoms with E-state index in [9.17, 15) is 0 Å². The van der Waals surface area contributed by atoms with Crippen LogP contribution in [0.3, 0.4) is 0 Å². The van der Waals surface area contributed by atoms with Crippen LogP contribution in [0.25, 0.3) is 0 Å². The minimum absolute atomic E-state index is 0.326. The topological polar surface area (TPSA) is 81.2 Å². The Morgan fingerprint density at radius 3 is 2.41 bits per heavy atom. The summed E-state index contributed by atoms with van der Waals surface area (Å²) in [5.74, 6) is 2.16. The number of aryl methyl sites for hydroxylation is 2. The standard InChI is InChI=1S/C19H20ClN5O2/c1-11-5-6-16(26-3)14(7-11)22-18-10-21-25-19(24-18)23-15-8-12(2)13(20)9-17(15)27-4/h5-10H,1-4H3,(H2,22,23,24,25). The van der Waals surface area contributed by atoms with Crippen LogP contribution in [0.1, 0.15) is 11.1 Å². The molecule has 0 saturated carbocycles. The molecule has 2 aromatic carbocycles. The maximum Gasteiger partial charge on any atom is 0.249 e. The summed E-state index contributed by atoms with van der Waals surface area (Å²) in [6.45, 7) is 3.92. The van der Waals surface area contributed by atoms with Gasteiger partial charge in [0, 0.05) is 11.1 Å². The second-order valence-electron chi connectivity index (χ2n) is 5.92. The summed E-state index contributed by atoms with van der Waals surface area (Å²) in [5, 5.41) is 15.0. The van der Waals surface area contributed by atoms with Gasteiger partial charge in [0.05, 0.1) is 31.8 Å². The molecule has 0 saturated heterocycles. The Labute approximate surface area is 162 Å². The van der Waals surface area contributed by atoms with E-state index in [4.69, 9.17) is 21.1 Å². The van der Waals surface area contributed by atoms with E-state index in [1.807, 2.05) is 38.1 Å². The van der Waals surface area contributed by atoms with Crippen molar-refractivity contribution >= 4 is 34.7 Å². The molecule has 1 heterocycles. The van der Waals surface area contributed by atoms with Crippen LogP contribution >= 0.6 is 11.6 Å². The average Bonchev–Trinajstić information content (AvgIpc) is 2.65. The van der Waals surface area contributed by atoms with E-state index in [2.05, 4.69) is 25.8 Å². The van der Waals surface area contributed by atoms with Crippen molar-refractivity contribution in [3.8, 4) is 11.5 Å². The fraction of sp³-hybridized carbons (Fsp3) is 0.211. The van der Waals surface area contributed by atoms with E-state index in [1.165, 1.54) is 6.20 Å². The lowest BCUT2D eigenvalue weighted by Crippen LogP contribution is -2.04. The summed E-state index contributed by atoms with van der Waals surface area (Å²) in [6, 6.07) is 9.46. The molecule has 0 aliphatic carbocycles. The Kier molecular flexibility index (Phi) is 5.61. The predicted octanol–water partition coefficient (Wildman–Crippen LogP) is 4.65. The lowest BCUT2D eigenvalue weighted by molar-refractivity contribution is 0.416. The van der Waals surface area contributed by atoms with Crippen LogP contribution in [0.2, 0.25) is 5.02 Å². The van der Waals surface area contributed by atoms with Gasteiger partial charge in [-0.15, -0.1) is 5.10 Å². The van der Waals surface area contributed by atoms with E-state index >= 15 is 0 Å². The Balaban J connectivity index is 1.87. The molecular formula is C19H20ClN5O2. The predicted molar refractivity (Wildman–Crippen MR) is 107 cm³/mol. The van der Waals surface area contributed by atoms with Gasteiger partial charge in [-0.3, -0.25) is 0 Å². The molecule has 2 N–H and O–H groups in total. The van der Waals surface area contributed by atoms with Crippen molar-refractivity contribution in [3.05, 3.63) is 52.7 Å². The molecule has 0 fully saturated rings. The fourth-order valence-electron chi connectivity index (χ4n) is 2.52. The van der Waals surface area contributed by atoms with E-state index in [-0.39, 0.29) is 0 Å². The first-order valence-electron chi connectivity index (χ1n) is 8.22. The third-order valence-electron chi connectivity index (χ3n) is 3.90. The molecular weight excluding hydrogens is 366 g/mol. The third-order valence-corrected chi connectivity index (χ3v) is 4.31. The molecule has 0 atom stereocenters. The van der Waals surface area contributed by atoms with Gasteiger partial charge in [-0.25, -0.2) is 0 Å². The van der Waals surface area contributed by atoms with E-state index in [1.54, 1.807) is 20.3 Å². The number of anilines is 4. The molecule has 8 heteroatoms. The van der Waals surface area contributed by atoms with Crippen molar-refractivity contribution in [2.75, 3.05) is 24.9 Å². The molecule has 0 radical (unpaired) electrons. The number of halogens is 1.